The van der Waals surface area contributed by atoms with Gasteiger partial charge < -0.3 is 14.6 Å². The van der Waals surface area contributed by atoms with Crippen LogP contribution in [0.3, 0.4) is 0 Å². The Morgan fingerprint density at radius 3 is 3.11 bits per heavy atom. The van der Waals surface area contributed by atoms with Crippen molar-refractivity contribution in [2.75, 3.05) is 13.2 Å². The van der Waals surface area contributed by atoms with Crippen LogP contribution >= 0.6 is 0 Å². The summed E-state index contributed by atoms with van der Waals surface area (Å²) in [6.45, 7) is 4.17. The van der Waals surface area contributed by atoms with E-state index >= 15 is 0 Å². The fourth-order valence-electron chi connectivity index (χ4n) is 3.06. The van der Waals surface area contributed by atoms with Gasteiger partial charge in [0.2, 0.25) is 5.89 Å². The zero-order chi connectivity index (χ0) is 13.1. The minimum absolute atomic E-state index is 0.240. The highest BCUT2D eigenvalue weighted by Crippen LogP contribution is 2.28. The molecule has 3 atom stereocenters. The Morgan fingerprint density at radius 1 is 1.37 bits per heavy atom. The summed E-state index contributed by atoms with van der Waals surface area (Å²) in [6.07, 6.45) is 6.93. The van der Waals surface area contributed by atoms with Crippen LogP contribution in [0.5, 0.6) is 0 Å². The zero-order valence-electron chi connectivity index (χ0n) is 11.6. The van der Waals surface area contributed by atoms with Gasteiger partial charge in [0.15, 0.2) is 5.82 Å². The summed E-state index contributed by atoms with van der Waals surface area (Å²) < 4.78 is 11.0. The molecule has 5 nitrogen and oxygen atoms in total. The molecule has 0 aliphatic carbocycles. The molecule has 1 aromatic rings. The number of nitrogens with one attached hydrogen (secondary N) is 1. The normalized spacial score (nSPS) is 31.7. The van der Waals surface area contributed by atoms with Gasteiger partial charge in [-0.15, -0.1) is 0 Å². The van der Waals surface area contributed by atoms with Crippen LogP contribution in [0, 0.1) is 5.92 Å². The van der Waals surface area contributed by atoms with Crippen LogP contribution in [0.2, 0.25) is 0 Å². The van der Waals surface area contributed by atoms with Gasteiger partial charge in [0.1, 0.15) is 0 Å². The number of nitrogens with zero attached hydrogens (tertiary/aromatic N) is 2. The Hall–Kier alpha value is -0.940. The highest BCUT2D eigenvalue weighted by atomic mass is 16.5. The van der Waals surface area contributed by atoms with Gasteiger partial charge in [-0.05, 0) is 38.1 Å². The highest BCUT2D eigenvalue weighted by molar-refractivity contribution is 4.97. The Balaban J connectivity index is 1.60. The first-order valence-electron chi connectivity index (χ1n) is 7.52. The molecular formula is C14H23N3O2. The van der Waals surface area contributed by atoms with Gasteiger partial charge >= 0.3 is 0 Å². The molecular weight excluding hydrogens is 242 g/mol. The van der Waals surface area contributed by atoms with Crippen molar-refractivity contribution in [1.29, 1.82) is 0 Å². The van der Waals surface area contributed by atoms with Crippen molar-refractivity contribution >= 4 is 0 Å². The predicted octanol–water partition coefficient (Wildman–Crippen LogP) is 2.24. The second-order valence-electron chi connectivity index (χ2n) is 5.69. The number of hydrogen-bond acceptors (Lipinski definition) is 5. The van der Waals surface area contributed by atoms with Crippen LogP contribution in [0.4, 0.5) is 0 Å². The lowest BCUT2D eigenvalue weighted by atomic mass is 9.90. The molecule has 0 bridgehead atoms. The minimum Gasteiger partial charge on any atom is -0.378 e. The molecule has 1 aromatic heterocycles. The molecule has 3 rings (SSSR count). The number of hydrogen-bond donors (Lipinski definition) is 1. The van der Waals surface area contributed by atoms with E-state index in [4.69, 9.17) is 9.26 Å². The Kier molecular flexibility index (Phi) is 4.13. The third-order valence-corrected chi connectivity index (χ3v) is 4.31. The maximum atomic E-state index is 5.61. The van der Waals surface area contributed by atoms with Crippen LogP contribution in [0.25, 0.3) is 0 Å². The van der Waals surface area contributed by atoms with Crippen molar-refractivity contribution in [3.05, 3.63) is 11.7 Å². The summed E-state index contributed by atoms with van der Waals surface area (Å²) in [4.78, 5) is 4.55. The molecule has 1 N–H and O–H groups in total. The first-order valence-corrected chi connectivity index (χ1v) is 7.52. The van der Waals surface area contributed by atoms with Gasteiger partial charge in [-0.25, -0.2) is 0 Å². The molecule has 5 heteroatoms. The van der Waals surface area contributed by atoms with Crippen LogP contribution < -0.4 is 5.32 Å². The van der Waals surface area contributed by atoms with Gasteiger partial charge in [0, 0.05) is 13.0 Å². The van der Waals surface area contributed by atoms with Crippen molar-refractivity contribution in [3.63, 3.8) is 0 Å². The number of ether oxygens (including phenoxy) is 1. The third-order valence-electron chi connectivity index (χ3n) is 4.31. The molecule has 19 heavy (non-hydrogen) atoms. The Labute approximate surface area is 114 Å². The molecule has 2 saturated heterocycles. The van der Waals surface area contributed by atoms with Crippen molar-refractivity contribution in [2.24, 2.45) is 5.92 Å². The topological polar surface area (TPSA) is 60.2 Å². The fourth-order valence-corrected chi connectivity index (χ4v) is 3.06. The van der Waals surface area contributed by atoms with E-state index in [2.05, 4.69) is 22.4 Å². The van der Waals surface area contributed by atoms with E-state index in [1.54, 1.807) is 0 Å². The van der Waals surface area contributed by atoms with E-state index in [9.17, 15) is 0 Å². The molecule has 0 saturated carbocycles. The standard InChI is InChI=1S/C14H23N3O2/c1-2-10-5-6-15-12(8-10)14-16-13(17-19-14)9-11-4-3-7-18-11/h10-12,15H,2-9H2,1H3. The third kappa shape index (κ3) is 3.15. The second-order valence-corrected chi connectivity index (χ2v) is 5.69. The summed E-state index contributed by atoms with van der Waals surface area (Å²) >= 11 is 0. The maximum absolute atomic E-state index is 5.61. The largest absolute Gasteiger partial charge is 0.378 e. The second kappa shape index (κ2) is 6.01. The van der Waals surface area contributed by atoms with E-state index in [-0.39, 0.29) is 12.1 Å². The lowest BCUT2D eigenvalue weighted by Crippen LogP contribution is -2.31. The van der Waals surface area contributed by atoms with E-state index < -0.39 is 0 Å². The minimum atomic E-state index is 0.240. The van der Waals surface area contributed by atoms with E-state index in [0.717, 1.165) is 56.5 Å². The van der Waals surface area contributed by atoms with Crippen molar-refractivity contribution < 1.29 is 9.26 Å². The molecule has 0 radical (unpaired) electrons. The van der Waals surface area contributed by atoms with Crippen molar-refractivity contribution in [3.8, 4) is 0 Å². The zero-order valence-corrected chi connectivity index (χ0v) is 11.6. The molecule has 3 unspecified atom stereocenters. The van der Waals surface area contributed by atoms with Gasteiger partial charge in [0.05, 0.1) is 12.1 Å². The quantitative estimate of drug-likeness (QED) is 0.904. The van der Waals surface area contributed by atoms with Gasteiger partial charge in [0.25, 0.3) is 0 Å². The first-order chi connectivity index (χ1) is 9.35. The van der Waals surface area contributed by atoms with E-state index in [1.165, 1.54) is 12.8 Å². The summed E-state index contributed by atoms with van der Waals surface area (Å²) in [5.41, 5.74) is 0. The summed E-state index contributed by atoms with van der Waals surface area (Å²) in [7, 11) is 0. The maximum Gasteiger partial charge on any atom is 0.243 e. The summed E-state index contributed by atoms with van der Waals surface area (Å²) in [5.74, 6) is 2.33. The number of rotatable bonds is 4. The van der Waals surface area contributed by atoms with Crippen LogP contribution in [0.15, 0.2) is 4.52 Å². The van der Waals surface area contributed by atoms with Crippen molar-refractivity contribution in [2.45, 2.75) is 57.6 Å². The van der Waals surface area contributed by atoms with Gasteiger partial charge in [-0.2, -0.15) is 4.98 Å². The molecule has 0 amide bonds. The SMILES string of the molecule is CCC1CCNC(c2nc(CC3CCCO3)no2)C1. The number of piperidine rings is 1. The molecule has 106 valence electrons. The van der Waals surface area contributed by atoms with Gasteiger partial charge in [-0.1, -0.05) is 18.5 Å². The average molecular weight is 265 g/mol. The molecule has 2 aliphatic heterocycles. The Morgan fingerprint density at radius 2 is 2.32 bits per heavy atom. The van der Waals surface area contributed by atoms with E-state index in [0.29, 0.717) is 0 Å². The summed E-state index contributed by atoms with van der Waals surface area (Å²) in [6, 6.07) is 0.240. The van der Waals surface area contributed by atoms with Crippen LogP contribution in [-0.2, 0) is 11.2 Å². The monoisotopic (exact) mass is 265 g/mol. The lowest BCUT2D eigenvalue weighted by Gasteiger charge is -2.27. The predicted molar refractivity (Wildman–Crippen MR) is 70.7 cm³/mol. The molecule has 3 heterocycles. The van der Waals surface area contributed by atoms with Crippen LogP contribution in [0.1, 0.15) is 56.8 Å². The smallest absolute Gasteiger partial charge is 0.243 e. The fraction of sp³-hybridized carbons (Fsp3) is 0.857. The number of aromatic nitrogens is 2. The van der Waals surface area contributed by atoms with Gasteiger partial charge in [-0.3, -0.25) is 0 Å². The molecule has 0 spiro atoms. The lowest BCUT2D eigenvalue weighted by molar-refractivity contribution is 0.109. The first kappa shape index (κ1) is 13.1. The molecule has 2 aliphatic rings. The average Bonchev–Trinajstić information content (AvgIpc) is 3.11. The Bertz CT molecular complexity index is 401. The molecule has 2 fully saturated rings. The highest BCUT2D eigenvalue weighted by Gasteiger charge is 2.27. The summed E-state index contributed by atoms with van der Waals surface area (Å²) in [5, 5.41) is 7.58. The van der Waals surface area contributed by atoms with E-state index in [1.807, 2.05) is 0 Å². The van der Waals surface area contributed by atoms with Crippen molar-refractivity contribution in [1.82, 2.24) is 15.5 Å². The van der Waals surface area contributed by atoms with Crippen LogP contribution in [-0.4, -0.2) is 29.4 Å². The molecule has 0 aromatic carbocycles.